The maximum atomic E-state index is 16.0. The van der Waals surface area contributed by atoms with Crippen molar-refractivity contribution in [1.82, 2.24) is 41.6 Å². The van der Waals surface area contributed by atoms with Crippen LogP contribution in [0.3, 0.4) is 0 Å². The number of amides is 5. The summed E-state index contributed by atoms with van der Waals surface area (Å²) in [6, 6.07) is 20.3. The van der Waals surface area contributed by atoms with E-state index in [1.165, 1.54) is 78.3 Å². The number of hydrogen-bond acceptors (Lipinski definition) is 38. The van der Waals surface area contributed by atoms with Gasteiger partial charge in [0.2, 0.25) is 23.8 Å². The average molecular weight is 1930 g/mol. The molecule has 10 rings (SSSR count). The van der Waals surface area contributed by atoms with Crippen LogP contribution < -0.4 is 26.6 Å². The first-order valence-corrected chi connectivity index (χ1v) is 45.4. The molecule has 5 amide bonds. The van der Waals surface area contributed by atoms with Crippen LogP contribution in [0.5, 0.6) is 0 Å². The minimum atomic E-state index is -2.59. The van der Waals surface area contributed by atoms with Crippen LogP contribution in [0.2, 0.25) is 0 Å². The predicted octanol–water partition coefficient (Wildman–Crippen LogP) is 0.335. The second-order valence-corrected chi connectivity index (χ2v) is 35.1. The molecule has 6 aliphatic rings. The molecule has 4 aromatic rings. The number of aliphatic hydroxyl groups excluding tert-OH is 6. The number of aryl methyl sites for hydroxylation is 2. The molecule has 44 heteroatoms. The number of carbonyl (C=O) groups excluding carboxylic acids is 14. The topological polar surface area (TPSA) is 610 Å². The summed E-state index contributed by atoms with van der Waals surface area (Å²) in [7, 11) is 2.50. The number of esters is 7. The smallest absolute Gasteiger partial charge is 0.408 e. The summed E-state index contributed by atoms with van der Waals surface area (Å²) in [6.07, 6.45) is -25.3. The number of fused-ring (bicyclic) bond motifs is 5. The number of methoxy groups -OCH3 is 2. The van der Waals surface area contributed by atoms with E-state index in [1.807, 2.05) is 0 Å². The molecule has 3 saturated heterocycles. The minimum Gasteiger partial charge on any atom is -0.466 e. The Bertz CT molecular complexity index is 4870. The molecule has 5 fully saturated rings. The van der Waals surface area contributed by atoms with Crippen LogP contribution in [0.15, 0.2) is 108 Å². The van der Waals surface area contributed by atoms with E-state index in [0.717, 1.165) is 13.8 Å². The lowest BCUT2D eigenvalue weighted by molar-refractivity contribution is -0.346. The number of benzene rings is 3. The molecule has 0 spiro atoms. The molecule has 23 atom stereocenters. The highest BCUT2D eigenvalue weighted by molar-refractivity contribution is 5.97. The minimum absolute atomic E-state index is 0.00904. The van der Waals surface area contributed by atoms with Crippen LogP contribution in [-0.2, 0) is 137 Å². The van der Waals surface area contributed by atoms with Crippen LogP contribution >= 0.6 is 0 Å². The number of ether oxygens (including phenoxy) is 15. The molecular weight excluding hydrogens is 1810 g/mol. The third kappa shape index (κ3) is 26.6. The number of alkyl carbamates (subject to hydrolysis) is 1. The van der Waals surface area contributed by atoms with Crippen molar-refractivity contribution in [2.24, 2.45) is 22.7 Å². The van der Waals surface area contributed by atoms with Gasteiger partial charge in [-0.15, -0.1) is 5.10 Å². The van der Waals surface area contributed by atoms with Gasteiger partial charge in [0.15, 0.2) is 42.0 Å². The number of nitrogens with one attached hydrogen (secondary N) is 5. The van der Waals surface area contributed by atoms with E-state index >= 15 is 9.59 Å². The highest BCUT2D eigenvalue weighted by atomic mass is 16.7. The van der Waals surface area contributed by atoms with Crippen LogP contribution in [0, 0.1) is 22.7 Å². The molecule has 2 bridgehead atoms. The zero-order valence-electron chi connectivity index (χ0n) is 77.9. The number of rotatable bonds is 47. The van der Waals surface area contributed by atoms with Gasteiger partial charge in [-0.25, -0.2) is 24.0 Å². The molecule has 0 radical (unpaired) electrons. The fourth-order valence-electron chi connectivity index (χ4n) is 18.2. The van der Waals surface area contributed by atoms with Gasteiger partial charge in [-0.3, -0.25) is 47.8 Å². The SMILES string of the molecule is CCOC(=O)[C@H](CCCCNC(=O)COCC(=O)O[C@@H](C(=O)O[C@H]1C[C@@]2(O)[C@@H](OC(=O)c3ccccc3)[C@@H]3[C@]4(OC(C)=O)CO[C@@H]4C[C@H](O)[C@@]3(C)C(=O)[C@H](OC(C)=O)C(=C1C)C2(C)C)C(NC(=O)c1ccccc1)c1ccccc1)CC(=O)CNC(=O)CNC(=O)CCCc1cn(CCCC[C@H](NC(=O)O[C@@H]2C(O)[C@@H](OC)OC(CO[C@H]3OC(COC)[C@@H](O)[C@H](O)C3O)[C@H]2O)C(=O)OCC)nn1. The van der Waals surface area contributed by atoms with E-state index in [4.69, 9.17) is 71.1 Å². The van der Waals surface area contributed by atoms with Crippen LogP contribution in [0.1, 0.15) is 164 Å². The van der Waals surface area contributed by atoms with Gasteiger partial charge in [-0.05, 0) is 114 Å². The summed E-state index contributed by atoms with van der Waals surface area (Å²) in [5, 5.41) is 101. The first kappa shape index (κ1) is 108. The van der Waals surface area contributed by atoms with Crippen molar-refractivity contribution in [1.29, 1.82) is 0 Å². The molecule has 1 aromatic heterocycles. The predicted molar refractivity (Wildman–Crippen MR) is 468 cm³/mol. The first-order chi connectivity index (χ1) is 65.2. The molecule has 44 nitrogen and oxygen atoms in total. The second kappa shape index (κ2) is 49.4. The highest BCUT2D eigenvalue weighted by Gasteiger charge is 2.79. The Morgan fingerprint density at radius 1 is 0.650 bits per heavy atom. The number of aliphatic hydroxyl groups is 7. The molecule has 5 unspecified atom stereocenters. The van der Waals surface area contributed by atoms with Crippen LogP contribution in [0.4, 0.5) is 4.79 Å². The molecule has 12 N–H and O–H groups in total. The third-order valence-corrected chi connectivity index (χ3v) is 25.5. The number of unbranched alkanes of at least 4 members (excludes halogenated alkanes) is 2. The van der Waals surface area contributed by atoms with Gasteiger partial charge >= 0.3 is 47.9 Å². The summed E-state index contributed by atoms with van der Waals surface area (Å²) >= 11 is 0. The van der Waals surface area contributed by atoms with E-state index in [0.29, 0.717) is 37.9 Å². The van der Waals surface area contributed by atoms with Crippen LogP contribution in [0.25, 0.3) is 0 Å². The van der Waals surface area contributed by atoms with Crippen molar-refractivity contribution in [3.05, 3.63) is 131 Å². The van der Waals surface area contributed by atoms with Crippen molar-refractivity contribution >= 4 is 83.1 Å². The fourth-order valence-corrected chi connectivity index (χ4v) is 18.2. The normalized spacial score (nSPS) is 27.8. The van der Waals surface area contributed by atoms with Gasteiger partial charge in [0.05, 0.1) is 80.7 Å². The lowest BCUT2D eigenvalue weighted by atomic mass is 9.44. The van der Waals surface area contributed by atoms with Crippen molar-refractivity contribution in [3.63, 3.8) is 0 Å². The molecule has 2 saturated carbocycles. The van der Waals surface area contributed by atoms with Crippen molar-refractivity contribution in [2.45, 2.75) is 260 Å². The molecule has 4 heterocycles. The second-order valence-electron chi connectivity index (χ2n) is 35.1. The van der Waals surface area contributed by atoms with Gasteiger partial charge in [0.25, 0.3) is 5.91 Å². The molecule has 137 heavy (non-hydrogen) atoms. The zero-order chi connectivity index (χ0) is 99.8. The van der Waals surface area contributed by atoms with Gasteiger partial charge in [-0.2, -0.15) is 0 Å². The van der Waals surface area contributed by atoms with Gasteiger partial charge in [0, 0.05) is 84.0 Å². The Balaban J connectivity index is 0.681. The number of hydrogen-bond donors (Lipinski definition) is 12. The lowest BCUT2D eigenvalue weighted by Gasteiger charge is -2.67. The molecular formula is C93H124N8O36. The maximum Gasteiger partial charge on any atom is 0.408 e. The van der Waals surface area contributed by atoms with E-state index < -0.39 is 273 Å². The Hall–Kier alpha value is -11.2. The molecule has 752 valence electrons. The number of Topliss-reactive ketones (excluding diaryl/α,β-unsaturated/α-hetero) is 2. The maximum absolute atomic E-state index is 16.0. The quantitative estimate of drug-likeness (QED) is 0.0123. The van der Waals surface area contributed by atoms with E-state index in [9.17, 15) is 93.3 Å². The molecule has 3 aromatic carbocycles. The fraction of sp³-hybridized carbons (Fsp3) is 0.613. The van der Waals surface area contributed by atoms with Crippen molar-refractivity contribution in [2.75, 3.05) is 80.1 Å². The van der Waals surface area contributed by atoms with E-state index in [1.54, 1.807) is 79.3 Å². The monoisotopic (exact) mass is 1930 g/mol. The number of carbonyl (C=O) groups is 14. The standard InChI is InChI=1S/C93H124N8O36/c1-11-126-83(117)56(39-58(104)42-95-66(107)43-96-65(106)36-26-34-57-44-101(100-99-57)38-25-23-35-59(85(119)127-12-2)97-89(121)135-78-72(111)62(132-87(124-10)75(78)114)46-128-88-74(113)73(112)71(110)61(133-88)45-123-9)33-22-24-37-94-67(108)47-125-48-68(109)134-77(70(53-27-16-13-17-28-53)98-82(116)54-29-18-14-19-30-54)86(120)131-60-41-93(122)81(136-84(118)55-31-20-15-21-32-55)79-91(8,63(105)40-64-92(79,49-129-64)137-52(5)103)80(115)76(130-51(4)102)69(50(60)3)90(93,6)7/h13-21,27-32,44,56,59-64,70-79,81,87-88,105,110-114,122H,11-12,22-26,33-43,45-49H2,1-10H3,(H,94,108)(H,95,107)(H,96,106)(H,97,121)(H,98,116)/t56-,59+,60+,61?,62?,63+,64-,70?,71-,72-,73+,74?,75?,76-,77-,78+,79+,81+,87+,88+,91-,92+,93-/m1/s1. The molecule has 3 aliphatic carbocycles. The van der Waals surface area contributed by atoms with Gasteiger partial charge in [-0.1, -0.05) is 92.2 Å². The summed E-state index contributed by atoms with van der Waals surface area (Å²) in [5.74, 6) is -13.8. The number of nitrogens with zero attached hydrogens (tertiary/aromatic N) is 3. The third-order valence-electron chi connectivity index (χ3n) is 25.5. The first-order valence-electron chi connectivity index (χ1n) is 45.4. The zero-order valence-corrected chi connectivity index (χ0v) is 77.9. The summed E-state index contributed by atoms with van der Waals surface area (Å²) < 4.78 is 86.9. The van der Waals surface area contributed by atoms with E-state index in [2.05, 4.69) is 36.9 Å². The Kier molecular flexibility index (Phi) is 38.8. The lowest BCUT2D eigenvalue weighted by Crippen LogP contribution is -2.82. The van der Waals surface area contributed by atoms with E-state index in [-0.39, 0.29) is 99.1 Å². The average Bonchev–Trinajstić information content (AvgIpc) is 0.845. The Morgan fingerprint density at radius 2 is 1.30 bits per heavy atom. The Morgan fingerprint density at radius 3 is 1.95 bits per heavy atom. The Labute approximate surface area is 789 Å². The van der Waals surface area contributed by atoms with Crippen molar-refractivity contribution < 1.29 is 174 Å². The molecule has 3 aliphatic heterocycles. The number of ketones is 2. The largest absolute Gasteiger partial charge is 0.466 e. The summed E-state index contributed by atoms with van der Waals surface area (Å²) in [4.78, 5) is 193. The summed E-state index contributed by atoms with van der Waals surface area (Å²) in [6.45, 7) is 7.45. The summed E-state index contributed by atoms with van der Waals surface area (Å²) in [5.41, 5.74) is -7.86. The van der Waals surface area contributed by atoms with Crippen LogP contribution in [-0.4, -0.2) is 329 Å². The van der Waals surface area contributed by atoms with Gasteiger partial charge < -0.3 is 133 Å². The number of aromatic nitrogens is 3. The highest BCUT2D eigenvalue weighted by Crippen LogP contribution is 2.65. The van der Waals surface area contributed by atoms with Gasteiger partial charge in [0.1, 0.15) is 91.9 Å². The van der Waals surface area contributed by atoms with Crippen molar-refractivity contribution in [3.8, 4) is 0 Å².